The Morgan fingerprint density at radius 3 is 2.48 bits per heavy atom. The number of allylic oxidation sites excluding steroid dienone is 1. The van der Waals surface area contributed by atoms with Crippen molar-refractivity contribution in [2.24, 2.45) is 0 Å². The van der Waals surface area contributed by atoms with Crippen LogP contribution in [-0.2, 0) is 4.79 Å². The summed E-state index contributed by atoms with van der Waals surface area (Å²) in [6, 6.07) is 14.1. The Labute approximate surface area is 143 Å². The summed E-state index contributed by atoms with van der Waals surface area (Å²) in [5, 5.41) is 2.70. The molecule has 2 aromatic carbocycles. The molecule has 0 heterocycles. The molecule has 0 saturated heterocycles. The third-order valence-corrected chi connectivity index (χ3v) is 3.49. The number of benzene rings is 2. The molecule has 0 unspecified atom stereocenters. The number of anilines is 1. The number of hydrogen-bond donors (Lipinski definition) is 1. The lowest BCUT2D eigenvalue weighted by molar-refractivity contribution is -0.111. The van der Waals surface area contributed by atoms with Crippen molar-refractivity contribution in [2.45, 2.75) is 6.92 Å². The summed E-state index contributed by atoms with van der Waals surface area (Å²) < 4.78 is 6.33. The van der Waals surface area contributed by atoms with E-state index < -0.39 is 0 Å². The molecule has 2 rings (SSSR count). The second kappa shape index (κ2) is 8.29. The minimum atomic E-state index is -0.386. The molecule has 0 bridgehead atoms. The summed E-state index contributed by atoms with van der Waals surface area (Å²) in [6.07, 6.45) is 2.47. The van der Waals surface area contributed by atoms with Crippen LogP contribution in [0.15, 0.2) is 65.2 Å². The summed E-state index contributed by atoms with van der Waals surface area (Å²) >= 11 is 3.31. The highest BCUT2D eigenvalue weighted by molar-refractivity contribution is 9.10. The molecule has 118 valence electrons. The predicted octanol–water partition coefficient (Wildman–Crippen LogP) is 4.23. The number of ketones is 1. The first kappa shape index (κ1) is 17.0. The molecular formula is C18H16BrNO3. The summed E-state index contributed by atoms with van der Waals surface area (Å²) in [7, 11) is 0. The van der Waals surface area contributed by atoms with Gasteiger partial charge in [0.05, 0.1) is 12.3 Å². The first-order chi connectivity index (χ1) is 11.1. The van der Waals surface area contributed by atoms with E-state index in [2.05, 4.69) is 21.2 Å². The van der Waals surface area contributed by atoms with Crippen LogP contribution >= 0.6 is 15.9 Å². The van der Waals surface area contributed by atoms with Gasteiger partial charge in [0.15, 0.2) is 5.78 Å². The molecule has 0 fully saturated rings. The number of carbonyl (C=O) groups is 2. The van der Waals surface area contributed by atoms with Crippen LogP contribution in [-0.4, -0.2) is 18.3 Å². The third-order valence-electron chi connectivity index (χ3n) is 2.96. The van der Waals surface area contributed by atoms with Crippen LogP contribution in [0, 0.1) is 0 Å². The molecule has 2 aromatic rings. The zero-order chi connectivity index (χ0) is 16.7. The van der Waals surface area contributed by atoms with Gasteiger partial charge in [0.25, 0.3) is 0 Å². The van der Waals surface area contributed by atoms with Crippen molar-refractivity contribution in [1.29, 1.82) is 0 Å². The molecule has 0 radical (unpaired) electrons. The van der Waals surface area contributed by atoms with Crippen LogP contribution in [0.2, 0.25) is 0 Å². The second-order valence-electron chi connectivity index (χ2n) is 4.62. The SMILES string of the molecule is CCOc1ccccc1NC(=O)/C=C/C(=O)c1ccc(Br)cc1. The van der Waals surface area contributed by atoms with E-state index >= 15 is 0 Å². The van der Waals surface area contributed by atoms with Crippen LogP contribution in [0.3, 0.4) is 0 Å². The number of hydrogen-bond acceptors (Lipinski definition) is 3. The average Bonchev–Trinajstić information content (AvgIpc) is 2.55. The fraction of sp³-hybridized carbons (Fsp3) is 0.111. The first-order valence-electron chi connectivity index (χ1n) is 7.11. The maximum atomic E-state index is 12.0. The largest absolute Gasteiger partial charge is 0.492 e. The molecule has 0 aliphatic carbocycles. The fourth-order valence-corrected chi connectivity index (χ4v) is 2.15. The van der Waals surface area contributed by atoms with E-state index in [4.69, 9.17) is 4.74 Å². The van der Waals surface area contributed by atoms with Gasteiger partial charge in [-0.25, -0.2) is 0 Å². The van der Waals surface area contributed by atoms with Crippen molar-refractivity contribution in [1.82, 2.24) is 0 Å². The van der Waals surface area contributed by atoms with Crippen LogP contribution in [0.4, 0.5) is 5.69 Å². The van der Waals surface area contributed by atoms with Crippen molar-refractivity contribution in [3.8, 4) is 5.75 Å². The standard InChI is InChI=1S/C18H16BrNO3/c1-2-23-17-6-4-3-5-15(17)20-18(22)12-11-16(21)13-7-9-14(19)10-8-13/h3-12H,2H2,1H3,(H,20,22)/b12-11+. The average molecular weight is 374 g/mol. The normalized spacial score (nSPS) is 10.5. The number of halogens is 1. The highest BCUT2D eigenvalue weighted by atomic mass is 79.9. The quantitative estimate of drug-likeness (QED) is 0.608. The molecular weight excluding hydrogens is 358 g/mol. The smallest absolute Gasteiger partial charge is 0.248 e. The van der Waals surface area contributed by atoms with E-state index in [1.54, 1.807) is 42.5 Å². The molecule has 0 aliphatic heterocycles. The van der Waals surface area contributed by atoms with Crippen molar-refractivity contribution in [3.63, 3.8) is 0 Å². The van der Waals surface area contributed by atoms with Crippen molar-refractivity contribution >= 4 is 33.3 Å². The van der Waals surface area contributed by atoms with Gasteiger partial charge in [-0.05, 0) is 49.4 Å². The Morgan fingerprint density at radius 2 is 1.78 bits per heavy atom. The topological polar surface area (TPSA) is 55.4 Å². The van der Waals surface area contributed by atoms with Gasteiger partial charge >= 0.3 is 0 Å². The molecule has 23 heavy (non-hydrogen) atoms. The van der Waals surface area contributed by atoms with Gasteiger partial charge < -0.3 is 10.1 Å². The summed E-state index contributed by atoms with van der Waals surface area (Å²) in [5.74, 6) is -0.0238. The fourth-order valence-electron chi connectivity index (χ4n) is 1.89. The molecule has 1 N–H and O–H groups in total. The third kappa shape index (κ3) is 5.07. The van der Waals surface area contributed by atoms with E-state index in [-0.39, 0.29) is 11.7 Å². The maximum absolute atomic E-state index is 12.0. The van der Waals surface area contributed by atoms with E-state index in [9.17, 15) is 9.59 Å². The molecule has 4 nitrogen and oxygen atoms in total. The minimum Gasteiger partial charge on any atom is -0.492 e. The van der Waals surface area contributed by atoms with Crippen molar-refractivity contribution in [2.75, 3.05) is 11.9 Å². The van der Waals surface area contributed by atoms with E-state index in [1.165, 1.54) is 12.2 Å². The van der Waals surface area contributed by atoms with Crippen LogP contribution in [0.25, 0.3) is 0 Å². The van der Waals surface area contributed by atoms with Crippen molar-refractivity contribution < 1.29 is 14.3 Å². The predicted molar refractivity (Wildman–Crippen MR) is 93.9 cm³/mol. The van der Waals surface area contributed by atoms with Gasteiger partial charge in [0, 0.05) is 16.1 Å². The summed E-state index contributed by atoms with van der Waals surface area (Å²) in [6.45, 7) is 2.38. The van der Waals surface area contributed by atoms with Gasteiger partial charge in [-0.1, -0.05) is 28.1 Å². The minimum absolute atomic E-state index is 0.231. The molecule has 0 atom stereocenters. The first-order valence-corrected chi connectivity index (χ1v) is 7.90. The van der Waals surface area contributed by atoms with E-state index in [0.717, 1.165) is 4.47 Å². The second-order valence-corrected chi connectivity index (χ2v) is 5.54. The lowest BCUT2D eigenvalue weighted by atomic mass is 10.1. The number of nitrogens with one attached hydrogen (secondary N) is 1. The van der Waals surface area contributed by atoms with Gasteiger partial charge in [0.2, 0.25) is 5.91 Å². The highest BCUT2D eigenvalue weighted by Crippen LogP contribution is 2.23. The Bertz CT molecular complexity index is 723. The summed E-state index contributed by atoms with van der Waals surface area (Å²) in [4.78, 5) is 23.9. The number of para-hydroxylation sites is 2. The van der Waals surface area contributed by atoms with Gasteiger partial charge in [-0.2, -0.15) is 0 Å². The number of rotatable bonds is 6. The molecule has 0 saturated carbocycles. The Morgan fingerprint density at radius 1 is 1.09 bits per heavy atom. The van der Waals surface area contributed by atoms with E-state index in [0.29, 0.717) is 23.6 Å². The Kier molecular flexibility index (Phi) is 6.11. The number of carbonyl (C=O) groups excluding carboxylic acids is 2. The highest BCUT2D eigenvalue weighted by Gasteiger charge is 2.06. The zero-order valence-electron chi connectivity index (χ0n) is 12.6. The molecule has 5 heteroatoms. The zero-order valence-corrected chi connectivity index (χ0v) is 14.2. The monoisotopic (exact) mass is 373 g/mol. The Balaban J connectivity index is 2.02. The maximum Gasteiger partial charge on any atom is 0.248 e. The van der Waals surface area contributed by atoms with Crippen molar-refractivity contribution in [3.05, 3.63) is 70.7 Å². The Hall–Kier alpha value is -2.40. The van der Waals surface area contributed by atoms with Gasteiger partial charge in [-0.15, -0.1) is 0 Å². The van der Waals surface area contributed by atoms with Crippen LogP contribution in [0.5, 0.6) is 5.75 Å². The van der Waals surface area contributed by atoms with E-state index in [1.807, 2.05) is 13.0 Å². The molecule has 0 aromatic heterocycles. The van der Waals surface area contributed by atoms with Gasteiger partial charge in [-0.3, -0.25) is 9.59 Å². The lowest BCUT2D eigenvalue weighted by Crippen LogP contribution is -2.10. The number of ether oxygens (including phenoxy) is 1. The van der Waals surface area contributed by atoms with Crippen LogP contribution < -0.4 is 10.1 Å². The number of amides is 1. The molecule has 0 spiro atoms. The van der Waals surface area contributed by atoms with Crippen LogP contribution in [0.1, 0.15) is 17.3 Å². The summed E-state index contributed by atoms with van der Waals surface area (Å²) in [5.41, 5.74) is 1.09. The molecule has 1 amide bonds. The molecule has 0 aliphatic rings. The van der Waals surface area contributed by atoms with Gasteiger partial charge in [0.1, 0.15) is 5.75 Å². The lowest BCUT2D eigenvalue weighted by Gasteiger charge is -2.09.